The third kappa shape index (κ3) is 4.13. The highest BCUT2D eigenvalue weighted by molar-refractivity contribution is 5.80. The highest BCUT2D eigenvalue weighted by Gasteiger charge is 2.11. The number of ether oxygens (including phenoxy) is 1. The van der Waals surface area contributed by atoms with E-state index in [0.717, 1.165) is 5.56 Å². The fourth-order valence-corrected chi connectivity index (χ4v) is 1.27. The number of primary amides is 1. The van der Waals surface area contributed by atoms with Gasteiger partial charge in [-0.1, -0.05) is 30.3 Å². The van der Waals surface area contributed by atoms with Crippen molar-refractivity contribution in [2.24, 2.45) is 5.73 Å². The van der Waals surface area contributed by atoms with E-state index >= 15 is 0 Å². The number of hydrogen-bond acceptors (Lipinski definition) is 3. The van der Waals surface area contributed by atoms with Crippen LogP contribution in [0.15, 0.2) is 30.3 Å². The van der Waals surface area contributed by atoms with Crippen molar-refractivity contribution in [3.05, 3.63) is 35.9 Å². The lowest BCUT2D eigenvalue weighted by Crippen LogP contribution is -2.15. The molecule has 86 valence electrons. The topological polar surface area (TPSA) is 69.4 Å². The van der Waals surface area contributed by atoms with E-state index in [1.54, 1.807) is 6.92 Å². The number of benzene rings is 1. The zero-order valence-electron chi connectivity index (χ0n) is 9.18. The molecular weight excluding hydrogens is 206 g/mol. The van der Waals surface area contributed by atoms with Crippen LogP contribution in [0.2, 0.25) is 0 Å². The summed E-state index contributed by atoms with van der Waals surface area (Å²) >= 11 is 0. The second-order valence-electron chi connectivity index (χ2n) is 3.51. The molecule has 0 spiro atoms. The van der Waals surface area contributed by atoms with Crippen LogP contribution in [0.4, 0.5) is 0 Å². The fraction of sp³-hybridized carbons (Fsp3) is 0.333. The first kappa shape index (κ1) is 12.2. The Labute approximate surface area is 94.4 Å². The lowest BCUT2D eigenvalue weighted by molar-refractivity contribution is -0.149. The minimum Gasteiger partial charge on any atom is -0.458 e. The molecule has 0 heterocycles. The Balaban J connectivity index is 2.43. The van der Waals surface area contributed by atoms with Crippen LogP contribution in [0, 0.1) is 0 Å². The summed E-state index contributed by atoms with van der Waals surface area (Å²) in [6, 6.07) is 9.41. The smallest absolute Gasteiger partial charge is 0.306 e. The molecule has 0 aromatic heterocycles. The normalized spacial score (nSPS) is 11.8. The van der Waals surface area contributed by atoms with Gasteiger partial charge in [0, 0.05) is 6.42 Å². The molecule has 4 nitrogen and oxygen atoms in total. The third-order valence-corrected chi connectivity index (χ3v) is 2.15. The minimum atomic E-state index is -0.496. The van der Waals surface area contributed by atoms with Crippen LogP contribution in [0.25, 0.3) is 0 Å². The van der Waals surface area contributed by atoms with E-state index in [-0.39, 0.29) is 18.9 Å². The molecular formula is C12H15NO3. The summed E-state index contributed by atoms with van der Waals surface area (Å²) in [6.45, 7) is 1.79. The Morgan fingerprint density at radius 2 is 1.88 bits per heavy atom. The molecule has 0 aliphatic heterocycles. The molecule has 16 heavy (non-hydrogen) atoms. The number of rotatable bonds is 5. The van der Waals surface area contributed by atoms with Gasteiger partial charge in [0.2, 0.25) is 5.91 Å². The Bertz CT molecular complexity index is 362. The van der Waals surface area contributed by atoms with Crippen molar-refractivity contribution in [3.63, 3.8) is 0 Å². The second-order valence-corrected chi connectivity index (χ2v) is 3.51. The van der Waals surface area contributed by atoms with Crippen molar-refractivity contribution >= 4 is 11.9 Å². The van der Waals surface area contributed by atoms with Gasteiger partial charge in [-0.2, -0.15) is 0 Å². The first-order valence-electron chi connectivity index (χ1n) is 5.12. The number of carbonyl (C=O) groups is 2. The van der Waals surface area contributed by atoms with Crippen LogP contribution in [-0.2, 0) is 14.3 Å². The van der Waals surface area contributed by atoms with E-state index in [1.165, 1.54) is 0 Å². The molecule has 1 aromatic carbocycles. The first-order chi connectivity index (χ1) is 7.59. The molecule has 1 atom stereocenters. The highest BCUT2D eigenvalue weighted by Crippen LogP contribution is 2.16. The number of esters is 1. The quantitative estimate of drug-likeness (QED) is 0.767. The van der Waals surface area contributed by atoms with Gasteiger partial charge in [0.25, 0.3) is 0 Å². The SMILES string of the molecule is CC(OC(=O)CCC(N)=O)c1ccccc1. The number of amides is 1. The molecule has 0 saturated carbocycles. The van der Waals surface area contributed by atoms with E-state index in [1.807, 2.05) is 30.3 Å². The minimum absolute atomic E-state index is 0.0281. The van der Waals surface area contributed by atoms with E-state index < -0.39 is 11.9 Å². The van der Waals surface area contributed by atoms with Crippen molar-refractivity contribution in [3.8, 4) is 0 Å². The van der Waals surface area contributed by atoms with Gasteiger partial charge in [0.05, 0.1) is 6.42 Å². The molecule has 4 heteroatoms. The van der Waals surface area contributed by atoms with Gasteiger partial charge < -0.3 is 10.5 Å². The Hall–Kier alpha value is -1.84. The van der Waals surface area contributed by atoms with Gasteiger partial charge in [0.1, 0.15) is 6.10 Å². The highest BCUT2D eigenvalue weighted by atomic mass is 16.5. The van der Waals surface area contributed by atoms with E-state index in [0.29, 0.717) is 0 Å². The molecule has 0 bridgehead atoms. The zero-order valence-corrected chi connectivity index (χ0v) is 9.18. The van der Waals surface area contributed by atoms with Crippen molar-refractivity contribution in [2.45, 2.75) is 25.9 Å². The average Bonchev–Trinajstić information content (AvgIpc) is 2.27. The lowest BCUT2D eigenvalue weighted by Gasteiger charge is -2.12. The summed E-state index contributed by atoms with van der Waals surface area (Å²) in [5, 5.41) is 0. The third-order valence-electron chi connectivity index (χ3n) is 2.15. The van der Waals surface area contributed by atoms with Crippen molar-refractivity contribution in [1.82, 2.24) is 0 Å². The molecule has 1 unspecified atom stereocenters. The number of hydrogen-bond donors (Lipinski definition) is 1. The summed E-state index contributed by atoms with van der Waals surface area (Å²) in [4.78, 5) is 21.8. The summed E-state index contributed by atoms with van der Waals surface area (Å²) < 4.78 is 5.14. The van der Waals surface area contributed by atoms with Gasteiger partial charge in [-0.15, -0.1) is 0 Å². The predicted octanol–water partition coefficient (Wildman–Crippen LogP) is 1.56. The van der Waals surface area contributed by atoms with Crippen molar-refractivity contribution in [1.29, 1.82) is 0 Å². The maximum Gasteiger partial charge on any atom is 0.306 e. The number of nitrogens with two attached hydrogens (primary N) is 1. The van der Waals surface area contributed by atoms with Gasteiger partial charge in [-0.05, 0) is 12.5 Å². The molecule has 0 fully saturated rings. The van der Waals surface area contributed by atoms with Crippen LogP contribution >= 0.6 is 0 Å². The van der Waals surface area contributed by atoms with Crippen LogP contribution in [0.1, 0.15) is 31.4 Å². The van der Waals surface area contributed by atoms with Crippen molar-refractivity contribution in [2.75, 3.05) is 0 Å². The largest absolute Gasteiger partial charge is 0.458 e. The van der Waals surface area contributed by atoms with Gasteiger partial charge >= 0.3 is 5.97 Å². The number of carbonyl (C=O) groups excluding carboxylic acids is 2. The molecule has 1 aromatic rings. The Morgan fingerprint density at radius 3 is 2.44 bits per heavy atom. The molecule has 1 amide bonds. The predicted molar refractivity (Wildman–Crippen MR) is 59.4 cm³/mol. The van der Waals surface area contributed by atoms with Crippen LogP contribution in [0.5, 0.6) is 0 Å². The van der Waals surface area contributed by atoms with Gasteiger partial charge in [0.15, 0.2) is 0 Å². The van der Waals surface area contributed by atoms with E-state index in [9.17, 15) is 9.59 Å². The van der Waals surface area contributed by atoms with E-state index in [4.69, 9.17) is 10.5 Å². The summed E-state index contributed by atoms with van der Waals surface area (Å²) in [7, 11) is 0. The van der Waals surface area contributed by atoms with E-state index in [2.05, 4.69) is 0 Å². The molecule has 0 saturated heterocycles. The molecule has 2 N–H and O–H groups in total. The van der Waals surface area contributed by atoms with Crippen molar-refractivity contribution < 1.29 is 14.3 Å². The lowest BCUT2D eigenvalue weighted by atomic mass is 10.1. The van der Waals surface area contributed by atoms with Crippen LogP contribution < -0.4 is 5.73 Å². The summed E-state index contributed by atoms with van der Waals surface area (Å²) in [5.41, 5.74) is 5.86. The first-order valence-corrected chi connectivity index (χ1v) is 5.12. The maximum absolute atomic E-state index is 11.3. The molecule has 1 rings (SSSR count). The Kier molecular flexibility index (Phi) is 4.51. The Morgan fingerprint density at radius 1 is 1.25 bits per heavy atom. The summed E-state index contributed by atoms with van der Waals surface area (Å²) in [5.74, 6) is -0.903. The van der Waals surface area contributed by atoms with Gasteiger partial charge in [-0.3, -0.25) is 9.59 Å². The second kappa shape index (κ2) is 5.90. The van der Waals surface area contributed by atoms with Crippen LogP contribution in [-0.4, -0.2) is 11.9 Å². The zero-order chi connectivity index (χ0) is 12.0. The standard InChI is InChI=1S/C12H15NO3/c1-9(10-5-3-2-4-6-10)16-12(15)8-7-11(13)14/h2-6,9H,7-8H2,1H3,(H2,13,14). The monoisotopic (exact) mass is 221 g/mol. The van der Waals surface area contributed by atoms with Gasteiger partial charge in [-0.25, -0.2) is 0 Å². The molecule has 0 aliphatic rings. The molecule has 0 aliphatic carbocycles. The maximum atomic E-state index is 11.3. The average molecular weight is 221 g/mol. The summed E-state index contributed by atoms with van der Waals surface area (Å²) in [6.07, 6.45) is -0.242. The molecule has 0 radical (unpaired) electrons. The fourth-order valence-electron chi connectivity index (χ4n) is 1.27. The van der Waals surface area contributed by atoms with Crippen LogP contribution in [0.3, 0.4) is 0 Å².